The Morgan fingerprint density at radius 3 is 3.10 bits per heavy atom. The van der Waals surface area contributed by atoms with Crippen LogP contribution < -0.4 is 0 Å². The molecule has 10 heavy (non-hydrogen) atoms. The van der Waals surface area contributed by atoms with Gasteiger partial charge < -0.3 is 9.84 Å². The first-order valence-electron chi connectivity index (χ1n) is 3.88. The van der Waals surface area contributed by atoms with E-state index >= 15 is 0 Å². The van der Waals surface area contributed by atoms with E-state index in [4.69, 9.17) is 4.74 Å². The maximum absolute atomic E-state index is 9.19. The molecule has 0 spiro atoms. The Labute approximate surface area is 60.5 Å². The third kappa shape index (κ3) is 1.03. The lowest BCUT2D eigenvalue weighted by atomic mass is 10.1. The van der Waals surface area contributed by atoms with E-state index in [2.05, 4.69) is 0 Å². The molecule has 0 radical (unpaired) electrons. The number of aliphatic hydroxyl groups excluding tert-OH is 1. The minimum Gasteiger partial charge on any atom is -0.513 e. The van der Waals surface area contributed by atoms with E-state index in [-0.39, 0.29) is 0 Å². The van der Waals surface area contributed by atoms with E-state index in [1.54, 1.807) is 0 Å². The second-order valence-corrected chi connectivity index (χ2v) is 3.09. The van der Waals surface area contributed by atoms with Gasteiger partial charge in [-0.05, 0) is 25.3 Å². The Balaban J connectivity index is 2.11. The maximum atomic E-state index is 9.19. The summed E-state index contributed by atoms with van der Waals surface area (Å²) in [7, 11) is 0. The van der Waals surface area contributed by atoms with Crippen molar-refractivity contribution in [2.24, 2.45) is 0 Å². The molecule has 1 fully saturated rings. The number of rotatable bonds is 0. The van der Waals surface area contributed by atoms with Crippen LogP contribution in [0.1, 0.15) is 25.7 Å². The van der Waals surface area contributed by atoms with Crippen LogP contribution in [-0.2, 0) is 4.74 Å². The normalized spacial score (nSPS) is 39.0. The van der Waals surface area contributed by atoms with E-state index in [0.29, 0.717) is 18.0 Å². The summed E-state index contributed by atoms with van der Waals surface area (Å²) in [4.78, 5) is 0. The SMILES string of the molecule is OC1=CCC2CCC(C1)O2. The van der Waals surface area contributed by atoms with E-state index in [0.717, 1.165) is 19.3 Å². The van der Waals surface area contributed by atoms with Gasteiger partial charge in [-0.25, -0.2) is 0 Å². The lowest BCUT2D eigenvalue weighted by Gasteiger charge is -2.06. The largest absolute Gasteiger partial charge is 0.513 e. The zero-order valence-corrected chi connectivity index (χ0v) is 5.92. The summed E-state index contributed by atoms with van der Waals surface area (Å²) in [6.45, 7) is 0. The van der Waals surface area contributed by atoms with Crippen molar-refractivity contribution < 1.29 is 9.84 Å². The summed E-state index contributed by atoms with van der Waals surface area (Å²) in [6.07, 6.45) is 6.54. The van der Waals surface area contributed by atoms with Crippen molar-refractivity contribution >= 4 is 0 Å². The number of fused-ring (bicyclic) bond motifs is 2. The van der Waals surface area contributed by atoms with E-state index in [9.17, 15) is 5.11 Å². The molecule has 2 aliphatic rings. The molecule has 0 saturated carbocycles. The van der Waals surface area contributed by atoms with Crippen LogP contribution in [0, 0.1) is 0 Å². The van der Waals surface area contributed by atoms with Gasteiger partial charge in [0.25, 0.3) is 0 Å². The Kier molecular flexibility index (Phi) is 1.42. The minimum atomic E-state index is 0.309. The van der Waals surface area contributed by atoms with Crippen molar-refractivity contribution in [2.45, 2.75) is 37.9 Å². The van der Waals surface area contributed by atoms with Gasteiger partial charge in [0.05, 0.1) is 18.0 Å². The molecule has 0 aromatic rings. The van der Waals surface area contributed by atoms with Crippen LogP contribution in [0.4, 0.5) is 0 Å². The lowest BCUT2D eigenvalue weighted by molar-refractivity contribution is 0.0489. The topological polar surface area (TPSA) is 29.5 Å². The highest BCUT2D eigenvalue weighted by Crippen LogP contribution is 2.29. The molecule has 0 aliphatic carbocycles. The van der Waals surface area contributed by atoms with Crippen molar-refractivity contribution in [3.8, 4) is 0 Å². The molecule has 2 rings (SSSR count). The molecule has 1 N–H and O–H groups in total. The standard InChI is InChI=1S/C8H12O2/c9-6-1-2-7-3-4-8(5-6)10-7/h1,7-9H,2-5H2. The molecule has 0 aromatic heterocycles. The smallest absolute Gasteiger partial charge is 0.0909 e. The average Bonchev–Trinajstić information content (AvgIpc) is 2.22. The van der Waals surface area contributed by atoms with Crippen LogP contribution in [0.2, 0.25) is 0 Å². The van der Waals surface area contributed by atoms with Gasteiger partial charge in [0.2, 0.25) is 0 Å². The fraction of sp³-hybridized carbons (Fsp3) is 0.750. The number of hydrogen-bond donors (Lipinski definition) is 1. The summed E-state index contributed by atoms with van der Waals surface area (Å²) in [5, 5.41) is 9.19. The van der Waals surface area contributed by atoms with Crippen LogP contribution in [-0.4, -0.2) is 17.3 Å². The van der Waals surface area contributed by atoms with Gasteiger partial charge in [-0.2, -0.15) is 0 Å². The zero-order valence-electron chi connectivity index (χ0n) is 5.92. The van der Waals surface area contributed by atoms with E-state index < -0.39 is 0 Å². The number of hydrogen-bond acceptors (Lipinski definition) is 2. The van der Waals surface area contributed by atoms with Crippen molar-refractivity contribution in [2.75, 3.05) is 0 Å². The van der Waals surface area contributed by atoms with Crippen molar-refractivity contribution in [3.05, 3.63) is 11.8 Å². The molecule has 0 amide bonds. The molecule has 2 unspecified atom stereocenters. The molecule has 2 bridgehead atoms. The van der Waals surface area contributed by atoms with Gasteiger partial charge in [0, 0.05) is 6.42 Å². The molecule has 0 aromatic carbocycles. The highest BCUT2D eigenvalue weighted by Gasteiger charge is 2.27. The summed E-state index contributed by atoms with van der Waals surface area (Å²) < 4.78 is 5.58. The predicted octanol–water partition coefficient (Wildman–Crippen LogP) is 1.77. The van der Waals surface area contributed by atoms with Crippen LogP contribution in [0.25, 0.3) is 0 Å². The lowest BCUT2D eigenvalue weighted by Crippen LogP contribution is -2.07. The Hall–Kier alpha value is -0.500. The third-order valence-electron chi connectivity index (χ3n) is 2.25. The van der Waals surface area contributed by atoms with Crippen molar-refractivity contribution in [1.82, 2.24) is 0 Å². The second-order valence-electron chi connectivity index (χ2n) is 3.09. The average molecular weight is 140 g/mol. The molecule has 2 nitrogen and oxygen atoms in total. The molecule has 2 heterocycles. The Bertz CT molecular complexity index is 163. The molecule has 2 atom stereocenters. The molecular weight excluding hydrogens is 128 g/mol. The third-order valence-corrected chi connectivity index (χ3v) is 2.25. The van der Waals surface area contributed by atoms with Gasteiger partial charge in [0.1, 0.15) is 0 Å². The van der Waals surface area contributed by atoms with Crippen LogP contribution in [0.3, 0.4) is 0 Å². The first-order chi connectivity index (χ1) is 4.84. The highest BCUT2D eigenvalue weighted by molar-refractivity contribution is 5.00. The molecule has 1 saturated heterocycles. The summed E-state index contributed by atoms with van der Waals surface area (Å²) in [5.74, 6) is 0.521. The van der Waals surface area contributed by atoms with Gasteiger partial charge >= 0.3 is 0 Å². The van der Waals surface area contributed by atoms with Gasteiger partial charge in [-0.15, -0.1) is 0 Å². The summed E-state index contributed by atoms with van der Waals surface area (Å²) in [6, 6.07) is 0. The molecular formula is C8H12O2. The Morgan fingerprint density at radius 1 is 1.40 bits per heavy atom. The van der Waals surface area contributed by atoms with Gasteiger partial charge in [-0.1, -0.05) is 0 Å². The molecule has 2 heteroatoms. The quantitative estimate of drug-likeness (QED) is 0.555. The van der Waals surface area contributed by atoms with Crippen molar-refractivity contribution in [3.63, 3.8) is 0 Å². The van der Waals surface area contributed by atoms with E-state index in [1.807, 2.05) is 6.08 Å². The van der Waals surface area contributed by atoms with Crippen LogP contribution in [0.5, 0.6) is 0 Å². The molecule has 2 aliphatic heterocycles. The maximum Gasteiger partial charge on any atom is 0.0909 e. The monoisotopic (exact) mass is 140 g/mol. The fourth-order valence-electron chi connectivity index (χ4n) is 1.69. The first kappa shape index (κ1) is 6.23. The molecule has 56 valence electrons. The minimum absolute atomic E-state index is 0.309. The highest BCUT2D eigenvalue weighted by atomic mass is 16.5. The predicted molar refractivity (Wildman–Crippen MR) is 37.8 cm³/mol. The van der Waals surface area contributed by atoms with Crippen LogP contribution in [0.15, 0.2) is 11.8 Å². The Morgan fingerprint density at radius 2 is 2.20 bits per heavy atom. The zero-order chi connectivity index (χ0) is 6.97. The van der Waals surface area contributed by atoms with Gasteiger partial charge in [0.15, 0.2) is 0 Å². The summed E-state index contributed by atoms with van der Waals surface area (Å²) >= 11 is 0. The van der Waals surface area contributed by atoms with Crippen molar-refractivity contribution in [1.29, 1.82) is 0 Å². The van der Waals surface area contributed by atoms with Gasteiger partial charge in [-0.3, -0.25) is 0 Å². The van der Waals surface area contributed by atoms with E-state index in [1.165, 1.54) is 6.42 Å². The summed E-state index contributed by atoms with van der Waals surface area (Å²) in [5.41, 5.74) is 0. The first-order valence-corrected chi connectivity index (χ1v) is 3.88. The second kappa shape index (κ2) is 2.27. The van der Waals surface area contributed by atoms with Crippen LogP contribution >= 0.6 is 0 Å². The number of aliphatic hydroxyl groups is 1. The fourth-order valence-corrected chi connectivity index (χ4v) is 1.69. The number of ether oxygens (including phenoxy) is 1.